The number of carbonyl (C=O) groups is 1. The quantitative estimate of drug-likeness (QED) is 0.851. The van der Waals surface area contributed by atoms with E-state index >= 15 is 0 Å². The van der Waals surface area contributed by atoms with Gasteiger partial charge in [0.2, 0.25) is 0 Å². The van der Waals surface area contributed by atoms with E-state index in [9.17, 15) is 14.7 Å². The molecule has 0 radical (unpaired) electrons. The summed E-state index contributed by atoms with van der Waals surface area (Å²) in [6.07, 6.45) is 0. The molecule has 5 nitrogen and oxygen atoms in total. The lowest BCUT2D eigenvalue weighted by Crippen LogP contribution is -2.25. The lowest BCUT2D eigenvalue weighted by atomic mass is 10.1. The maximum absolute atomic E-state index is 12.3. The third kappa shape index (κ3) is 2.58. The molecule has 0 unspecified atom stereocenters. The number of H-pyrrole nitrogens is 1. The zero-order valence-electron chi connectivity index (χ0n) is 10.6. The first-order valence-electron chi connectivity index (χ1n) is 5.88. The van der Waals surface area contributed by atoms with Crippen molar-refractivity contribution in [3.63, 3.8) is 0 Å². The summed E-state index contributed by atoms with van der Waals surface area (Å²) in [5.41, 5.74) is 0.216. The molecule has 1 aromatic heterocycles. The second-order valence-corrected chi connectivity index (χ2v) is 5.17. The van der Waals surface area contributed by atoms with E-state index in [1.807, 2.05) is 13.8 Å². The molecule has 6 heteroatoms. The Kier molecular flexibility index (Phi) is 3.53. The molecule has 0 bridgehead atoms. The number of nitrogens with one attached hydrogen (secondary N) is 1. The van der Waals surface area contributed by atoms with Crippen molar-refractivity contribution < 1.29 is 9.90 Å². The lowest BCUT2D eigenvalue weighted by Gasteiger charge is -2.11. The van der Waals surface area contributed by atoms with Gasteiger partial charge in [0.15, 0.2) is 4.77 Å². The average molecular weight is 277 g/mol. The van der Waals surface area contributed by atoms with E-state index in [0.29, 0.717) is 22.2 Å². The Hall–Kier alpha value is -1.95. The number of carbonyl (C=O) groups excluding carboxylic acids is 1. The van der Waals surface area contributed by atoms with Crippen LogP contribution in [0.3, 0.4) is 0 Å². The molecule has 0 atom stereocenters. The number of rotatable bonds is 3. The van der Waals surface area contributed by atoms with Crippen LogP contribution >= 0.6 is 12.2 Å². The summed E-state index contributed by atoms with van der Waals surface area (Å²) < 4.78 is 1.78. The Morgan fingerprint density at radius 1 is 1.47 bits per heavy atom. The van der Waals surface area contributed by atoms with Crippen LogP contribution in [0.2, 0.25) is 0 Å². The molecule has 0 spiro atoms. The molecule has 19 heavy (non-hydrogen) atoms. The highest BCUT2D eigenvalue weighted by Crippen LogP contribution is 2.11. The topological polar surface area (TPSA) is 77.9 Å². The molecule has 1 heterocycles. The van der Waals surface area contributed by atoms with Crippen molar-refractivity contribution in [2.75, 3.05) is 0 Å². The van der Waals surface area contributed by atoms with Crippen molar-refractivity contribution in [2.45, 2.75) is 20.4 Å². The zero-order valence-corrected chi connectivity index (χ0v) is 11.4. The first-order valence-corrected chi connectivity index (χ1v) is 6.29. The molecule has 0 saturated heterocycles. The molecule has 100 valence electrons. The second kappa shape index (κ2) is 4.97. The number of aromatic carboxylic acids is 1. The molecule has 1 aromatic carbocycles. The minimum absolute atomic E-state index is 0.0131. The second-order valence-electron chi connectivity index (χ2n) is 4.79. The summed E-state index contributed by atoms with van der Waals surface area (Å²) in [5.74, 6) is -1.000. The fourth-order valence-corrected chi connectivity index (χ4v) is 2.18. The van der Waals surface area contributed by atoms with E-state index in [0.717, 1.165) is 0 Å². The van der Waals surface area contributed by atoms with Crippen molar-refractivity contribution in [3.8, 4) is 0 Å². The van der Waals surface area contributed by atoms with E-state index in [4.69, 9.17) is 12.2 Å². The van der Waals surface area contributed by atoms with Crippen LogP contribution in [0.15, 0.2) is 23.0 Å². The van der Waals surface area contributed by atoms with Gasteiger partial charge in [-0.15, -0.1) is 0 Å². The van der Waals surface area contributed by atoms with Crippen molar-refractivity contribution >= 4 is 29.1 Å². The van der Waals surface area contributed by atoms with Gasteiger partial charge in [-0.25, -0.2) is 0 Å². The van der Waals surface area contributed by atoms with Gasteiger partial charge in [0.1, 0.15) is 0 Å². The summed E-state index contributed by atoms with van der Waals surface area (Å²) in [4.78, 5) is 26.0. The summed E-state index contributed by atoms with van der Waals surface area (Å²) in [5, 5.41) is 11.2. The molecule has 0 aliphatic carbocycles. The number of aromatic amines is 1. The predicted octanol–water partition coefficient (Wildman–Crippen LogP) is 1.08. The van der Waals surface area contributed by atoms with Crippen LogP contribution < -0.4 is 10.7 Å². The standard InChI is InChI=1S/C13H14N2O3S/c1-7(2)6-15-11(16)9-4-3-8(12(17)18)5-10(9)14-13(15)19/h3-5,7H,6H2,1-2H3,(H,14,19)(H,17,18)/p-1. The van der Waals surface area contributed by atoms with E-state index in [1.54, 1.807) is 0 Å². The van der Waals surface area contributed by atoms with Gasteiger partial charge in [-0.05, 0) is 35.8 Å². The number of hydrogen-bond acceptors (Lipinski definition) is 4. The van der Waals surface area contributed by atoms with Gasteiger partial charge in [-0.1, -0.05) is 19.9 Å². The summed E-state index contributed by atoms with van der Waals surface area (Å²) in [7, 11) is 0. The molecule has 1 N–H and O–H groups in total. The number of fused-ring (bicyclic) bond motifs is 1. The SMILES string of the molecule is CC(C)Cn1c(=S)[nH]c2cc(C(=O)[O-])ccc2c1=O. The summed E-state index contributed by atoms with van der Waals surface area (Å²) in [6, 6.07) is 4.20. The van der Waals surface area contributed by atoms with E-state index in [1.165, 1.54) is 22.8 Å². The van der Waals surface area contributed by atoms with Crippen molar-refractivity contribution in [1.29, 1.82) is 0 Å². The fraction of sp³-hybridized carbons (Fsp3) is 0.308. The first kappa shape index (κ1) is 13.5. The maximum atomic E-state index is 12.3. The van der Waals surface area contributed by atoms with Crippen molar-refractivity contribution in [3.05, 3.63) is 38.9 Å². The van der Waals surface area contributed by atoms with Gasteiger partial charge in [0.25, 0.3) is 5.56 Å². The molecule has 2 aromatic rings. The molecule has 0 aliphatic rings. The average Bonchev–Trinajstić information content (AvgIpc) is 2.33. The predicted molar refractivity (Wildman–Crippen MR) is 72.6 cm³/mol. The van der Waals surface area contributed by atoms with Crippen LogP contribution in [0.1, 0.15) is 24.2 Å². The Morgan fingerprint density at radius 2 is 2.16 bits per heavy atom. The molecule has 0 saturated carbocycles. The highest BCUT2D eigenvalue weighted by Gasteiger charge is 2.08. The van der Waals surface area contributed by atoms with E-state index in [-0.39, 0.29) is 17.0 Å². The van der Waals surface area contributed by atoms with Crippen molar-refractivity contribution in [2.24, 2.45) is 5.92 Å². The third-order valence-corrected chi connectivity index (χ3v) is 3.09. The fourth-order valence-electron chi connectivity index (χ4n) is 1.91. The Balaban J connectivity index is 2.73. The van der Waals surface area contributed by atoms with Gasteiger partial charge in [-0.2, -0.15) is 0 Å². The van der Waals surface area contributed by atoms with Gasteiger partial charge in [-0.3, -0.25) is 9.36 Å². The maximum Gasteiger partial charge on any atom is 0.262 e. The monoisotopic (exact) mass is 277 g/mol. The van der Waals surface area contributed by atoms with Crippen LogP contribution in [0.5, 0.6) is 0 Å². The first-order chi connectivity index (χ1) is 8.90. The molecule has 0 aliphatic heterocycles. The molecule has 0 fully saturated rings. The molecular weight excluding hydrogens is 264 g/mol. The Labute approximate surface area is 114 Å². The van der Waals surface area contributed by atoms with Crippen LogP contribution in [0, 0.1) is 10.7 Å². The van der Waals surface area contributed by atoms with Gasteiger partial charge in [0.05, 0.1) is 16.9 Å². The van der Waals surface area contributed by atoms with Crippen LogP contribution in [0.25, 0.3) is 10.9 Å². The van der Waals surface area contributed by atoms with Crippen LogP contribution in [-0.4, -0.2) is 15.5 Å². The zero-order chi connectivity index (χ0) is 14.2. The third-order valence-electron chi connectivity index (χ3n) is 2.77. The van der Waals surface area contributed by atoms with Gasteiger partial charge >= 0.3 is 0 Å². The van der Waals surface area contributed by atoms with E-state index in [2.05, 4.69) is 4.98 Å². The highest BCUT2D eigenvalue weighted by molar-refractivity contribution is 7.71. The van der Waals surface area contributed by atoms with Crippen molar-refractivity contribution in [1.82, 2.24) is 9.55 Å². The lowest BCUT2D eigenvalue weighted by molar-refractivity contribution is -0.255. The molecule has 2 rings (SSSR count). The number of aromatic nitrogens is 2. The summed E-state index contributed by atoms with van der Waals surface area (Å²) in [6.45, 7) is 4.50. The summed E-state index contributed by atoms with van der Waals surface area (Å²) >= 11 is 5.14. The van der Waals surface area contributed by atoms with E-state index < -0.39 is 5.97 Å². The Bertz CT molecular complexity index is 759. The number of carboxylic acid groups (broad SMARTS) is 1. The smallest absolute Gasteiger partial charge is 0.262 e. The number of carboxylic acids is 1. The number of hydrogen-bond donors (Lipinski definition) is 1. The minimum Gasteiger partial charge on any atom is -0.545 e. The normalized spacial score (nSPS) is 11.1. The molecular formula is C13H13N2O3S-. The molecule has 0 amide bonds. The highest BCUT2D eigenvalue weighted by atomic mass is 32.1. The Morgan fingerprint density at radius 3 is 2.74 bits per heavy atom. The number of nitrogens with zero attached hydrogens (tertiary/aromatic N) is 1. The van der Waals surface area contributed by atoms with Crippen LogP contribution in [-0.2, 0) is 6.54 Å². The van der Waals surface area contributed by atoms with Gasteiger partial charge in [0, 0.05) is 6.54 Å². The minimum atomic E-state index is -1.28. The van der Waals surface area contributed by atoms with Crippen LogP contribution in [0.4, 0.5) is 0 Å². The number of benzene rings is 1. The van der Waals surface area contributed by atoms with Gasteiger partial charge < -0.3 is 14.9 Å². The largest absolute Gasteiger partial charge is 0.545 e.